The topological polar surface area (TPSA) is 104 Å². The molecule has 4 aromatic rings. The Bertz CT molecular complexity index is 1290. The van der Waals surface area contributed by atoms with Crippen LogP contribution in [-0.2, 0) is 10.0 Å². The number of hydrogen-bond donors (Lipinski definition) is 1. The van der Waals surface area contributed by atoms with Gasteiger partial charge in [-0.1, -0.05) is 0 Å². The predicted octanol–water partition coefficient (Wildman–Crippen LogP) is 2.90. The van der Waals surface area contributed by atoms with Gasteiger partial charge in [-0.3, -0.25) is 15.0 Å². The summed E-state index contributed by atoms with van der Waals surface area (Å²) in [6, 6.07) is 2.93. The van der Waals surface area contributed by atoms with E-state index in [9.17, 15) is 17.2 Å². The van der Waals surface area contributed by atoms with Crippen molar-refractivity contribution < 1.29 is 17.2 Å². The lowest BCUT2D eigenvalue weighted by molar-refractivity contribution is 0.570. The van der Waals surface area contributed by atoms with Crippen LogP contribution in [0, 0.1) is 18.6 Å². The normalized spacial score (nSPS) is 11.8. The van der Waals surface area contributed by atoms with Crippen LogP contribution in [0.5, 0.6) is 0 Å². The molecule has 0 spiro atoms. The molecular weight excluding hydrogens is 388 g/mol. The van der Waals surface area contributed by atoms with E-state index in [2.05, 4.69) is 15.0 Å². The Kier molecular flexibility index (Phi) is 4.07. The second-order valence-corrected chi connectivity index (χ2v) is 7.90. The first kappa shape index (κ1) is 18.0. The minimum atomic E-state index is -4.28. The molecule has 0 unspecified atom stereocenters. The lowest BCUT2D eigenvalue weighted by atomic mass is 10.1. The van der Waals surface area contributed by atoms with E-state index in [4.69, 9.17) is 5.73 Å². The molecule has 0 bridgehead atoms. The van der Waals surface area contributed by atoms with Crippen LogP contribution in [0.4, 0.5) is 14.5 Å². The third-order valence-corrected chi connectivity index (χ3v) is 5.91. The largest absolute Gasteiger partial charge is 0.394 e. The number of halogens is 2. The Morgan fingerprint density at radius 2 is 1.75 bits per heavy atom. The molecule has 0 saturated heterocycles. The van der Waals surface area contributed by atoms with Gasteiger partial charge in [0.05, 0.1) is 34.2 Å². The van der Waals surface area contributed by atoms with Gasteiger partial charge in [-0.15, -0.1) is 0 Å². The number of nitrogen functional groups attached to an aromatic ring is 1. The number of benzene rings is 1. The molecule has 3 heterocycles. The van der Waals surface area contributed by atoms with Gasteiger partial charge in [0.15, 0.2) is 0 Å². The van der Waals surface area contributed by atoms with E-state index in [-0.39, 0.29) is 5.52 Å². The van der Waals surface area contributed by atoms with Gasteiger partial charge < -0.3 is 5.73 Å². The van der Waals surface area contributed by atoms with Crippen LogP contribution in [0.25, 0.3) is 22.2 Å². The van der Waals surface area contributed by atoms with Crippen LogP contribution < -0.4 is 5.73 Å². The molecule has 10 heteroatoms. The van der Waals surface area contributed by atoms with Crippen molar-refractivity contribution in [1.82, 2.24) is 18.9 Å². The molecule has 0 aliphatic rings. The monoisotopic (exact) mass is 401 g/mol. The minimum Gasteiger partial charge on any atom is -0.394 e. The van der Waals surface area contributed by atoms with E-state index in [1.54, 1.807) is 31.6 Å². The zero-order valence-electron chi connectivity index (χ0n) is 14.5. The van der Waals surface area contributed by atoms with Crippen molar-refractivity contribution in [2.75, 3.05) is 5.73 Å². The van der Waals surface area contributed by atoms with E-state index in [0.29, 0.717) is 28.8 Å². The van der Waals surface area contributed by atoms with Crippen molar-refractivity contribution in [3.05, 3.63) is 66.5 Å². The van der Waals surface area contributed by atoms with Crippen molar-refractivity contribution in [3.8, 4) is 11.3 Å². The summed E-state index contributed by atoms with van der Waals surface area (Å²) in [5.41, 5.74) is 6.55. The minimum absolute atomic E-state index is 0.234. The smallest absolute Gasteiger partial charge is 0.268 e. The molecule has 0 fully saturated rings. The van der Waals surface area contributed by atoms with E-state index in [1.165, 1.54) is 12.4 Å². The summed E-state index contributed by atoms with van der Waals surface area (Å²) in [6.07, 6.45) is 7.33. The highest BCUT2D eigenvalue weighted by Gasteiger charge is 2.23. The third-order valence-electron chi connectivity index (χ3n) is 4.25. The average molecular weight is 401 g/mol. The zero-order chi connectivity index (χ0) is 20.1. The molecule has 28 heavy (non-hydrogen) atoms. The molecule has 142 valence electrons. The quantitative estimate of drug-likeness (QED) is 0.530. The Balaban J connectivity index is 1.91. The van der Waals surface area contributed by atoms with Crippen molar-refractivity contribution in [1.29, 1.82) is 0 Å². The van der Waals surface area contributed by atoms with Crippen LogP contribution in [0.2, 0.25) is 0 Å². The fraction of sp³-hybridized carbons (Fsp3) is 0.0556. The SMILES string of the molecule is Cc1cnc(-c2cncc3c2ccn3S(=O)(=O)c2cc(F)c(N)c(F)c2)cn1. The van der Waals surface area contributed by atoms with Gasteiger partial charge in [0.1, 0.15) is 17.3 Å². The van der Waals surface area contributed by atoms with Gasteiger partial charge >= 0.3 is 0 Å². The summed E-state index contributed by atoms with van der Waals surface area (Å²) in [5.74, 6) is -2.30. The molecule has 0 radical (unpaired) electrons. The lowest BCUT2D eigenvalue weighted by Crippen LogP contribution is -2.13. The standard InChI is InChI=1S/C18H13F2N5O2S/c1-10-6-24-16(8-23-10)13-7-22-9-17-12(13)2-3-25(17)28(26,27)11-4-14(19)18(21)15(20)5-11/h2-9H,21H2,1H3. The maximum atomic E-state index is 13.8. The van der Waals surface area contributed by atoms with Gasteiger partial charge in [-0.05, 0) is 25.1 Å². The van der Waals surface area contributed by atoms with Gasteiger partial charge in [-0.25, -0.2) is 21.2 Å². The molecule has 0 aliphatic heterocycles. The summed E-state index contributed by atoms with van der Waals surface area (Å²) < 4.78 is 54.4. The number of anilines is 1. The van der Waals surface area contributed by atoms with Crippen molar-refractivity contribution in [2.45, 2.75) is 11.8 Å². The number of rotatable bonds is 3. The number of hydrogen-bond acceptors (Lipinski definition) is 6. The second kappa shape index (κ2) is 6.34. The van der Waals surface area contributed by atoms with Gasteiger partial charge in [-0.2, -0.15) is 0 Å². The zero-order valence-corrected chi connectivity index (χ0v) is 15.3. The molecule has 0 aliphatic carbocycles. The number of aryl methyl sites for hydroxylation is 1. The number of fused-ring (bicyclic) bond motifs is 1. The first-order valence-electron chi connectivity index (χ1n) is 8.03. The molecule has 0 atom stereocenters. The third kappa shape index (κ3) is 2.78. The maximum Gasteiger partial charge on any atom is 0.268 e. The fourth-order valence-corrected chi connectivity index (χ4v) is 4.16. The molecule has 0 amide bonds. The Labute approximate surface area is 158 Å². The summed E-state index contributed by atoms with van der Waals surface area (Å²) in [6.45, 7) is 1.80. The summed E-state index contributed by atoms with van der Waals surface area (Å²) in [5, 5.41) is 0.549. The highest BCUT2D eigenvalue weighted by molar-refractivity contribution is 7.90. The van der Waals surface area contributed by atoms with Crippen LogP contribution in [0.1, 0.15) is 5.69 Å². The van der Waals surface area contributed by atoms with E-state index in [0.717, 1.165) is 9.67 Å². The number of aromatic nitrogens is 4. The van der Waals surface area contributed by atoms with E-state index in [1.807, 2.05) is 0 Å². The van der Waals surface area contributed by atoms with Crippen molar-refractivity contribution in [2.24, 2.45) is 0 Å². The molecule has 1 aromatic carbocycles. The van der Waals surface area contributed by atoms with Crippen LogP contribution in [-0.4, -0.2) is 27.3 Å². The number of nitrogens with zero attached hydrogens (tertiary/aromatic N) is 4. The lowest BCUT2D eigenvalue weighted by Gasteiger charge is -2.10. The summed E-state index contributed by atoms with van der Waals surface area (Å²) in [4.78, 5) is 12.0. The first-order valence-corrected chi connectivity index (χ1v) is 9.47. The van der Waals surface area contributed by atoms with Crippen LogP contribution in [0.3, 0.4) is 0 Å². The van der Waals surface area contributed by atoms with Crippen molar-refractivity contribution >= 4 is 26.6 Å². The van der Waals surface area contributed by atoms with Gasteiger partial charge in [0, 0.05) is 29.5 Å². The van der Waals surface area contributed by atoms with E-state index >= 15 is 0 Å². The number of pyridine rings is 1. The van der Waals surface area contributed by atoms with Gasteiger partial charge in [0.25, 0.3) is 10.0 Å². The number of nitrogens with two attached hydrogens (primary N) is 1. The molecule has 3 aromatic heterocycles. The summed E-state index contributed by atoms with van der Waals surface area (Å²) >= 11 is 0. The highest BCUT2D eigenvalue weighted by Crippen LogP contribution is 2.30. The molecule has 0 saturated carbocycles. The molecular formula is C18H13F2N5O2S. The molecule has 2 N–H and O–H groups in total. The average Bonchev–Trinajstić information content (AvgIpc) is 3.11. The van der Waals surface area contributed by atoms with E-state index < -0.39 is 32.2 Å². The maximum absolute atomic E-state index is 13.8. The van der Waals surface area contributed by atoms with Gasteiger partial charge in [0.2, 0.25) is 0 Å². The summed E-state index contributed by atoms with van der Waals surface area (Å²) in [7, 11) is -4.28. The predicted molar refractivity (Wildman–Crippen MR) is 98.9 cm³/mol. The van der Waals surface area contributed by atoms with Crippen molar-refractivity contribution in [3.63, 3.8) is 0 Å². The Hall–Kier alpha value is -3.40. The Morgan fingerprint density at radius 3 is 2.39 bits per heavy atom. The van der Waals surface area contributed by atoms with Crippen LogP contribution in [0.15, 0.2) is 54.1 Å². The molecule has 4 rings (SSSR count). The fourth-order valence-electron chi connectivity index (χ4n) is 2.80. The first-order chi connectivity index (χ1) is 13.3. The van der Waals surface area contributed by atoms with Crippen LogP contribution >= 0.6 is 0 Å². The molecule has 7 nitrogen and oxygen atoms in total. The second-order valence-electron chi connectivity index (χ2n) is 6.08. The highest BCUT2D eigenvalue weighted by atomic mass is 32.2. The Morgan fingerprint density at radius 1 is 1.04 bits per heavy atom.